The summed E-state index contributed by atoms with van der Waals surface area (Å²) in [4.78, 5) is 14.6. The molecule has 3 nitrogen and oxygen atoms in total. The van der Waals surface area contributed by atoms with Crippen LogP contribution in [0.15, 0.2) is 29.6 Å². The molecular weight excluding hydrogens is 244 g/mol. The summed E-state index contributed by atoms with van der Waals surface area (Å²) in [5.41, 5.74) is 0.876. The molecule has 1 aromatic heterocycles. The van der Waals surface area contributed by atoms with Crippen LogP contribution in [-0.2, 0) is 0 Å². The van der Waals surface area contributed by atoms with Gasteiger partial charge in [0.15, 0.2) is 5.78 Å². The summed E-state index contributed by atoms with van der Waals surface area (Å²) in [6.07, 6.45) is 0. The van der Waals surface area contributed by atoms with Crippen LogP contribution in [0, 0.1) is 0 Å². The third kappa shape index (κ3) is 2.32. The van der Waals surface area contributed by atoms with Gasteiger partial charge in [0.1, 0.15) is 0 Å². The molecule has 1 saturated heterocycles. The second kappa shape index (κ2) is 5.18. The molecule has 0 unspecified atom stereocenters. The van der Waals surface area contributed by atoms with Gasteiger partial charge in [-0.15, -0.1) is 11.3 Å². The maximum atomic E-state index is 12.4. The number of ketones is 1. The van der Waals surface area contributed by atoms with Crippen LogP contribution in [-0.4, -0.2) is 43.4 Å². The molecule has 0 atom stereocenters. The first-order valence-corrected chi connectivity index (χ1v) is 7.15. The zero-order valence-electron chi connectivity index (χ0n) is 10.2. The highest BCUT2D eigenvalue weighted by Crippen LogP contribution is 2.25. The Hall–Kier alpha value is -1.23. The molecule has 3 rings (SSSR count). The fourth-order valence-corrected chi connectivity index (χ4v) is 3.30. The Balaban J connectivity index is 1.81. The number of benzene rings is 1. The molecule has 4 heteroatoms. The predicted octanol–water partition coefficient (Wildman–Crippen LogP) is 1.99. The predicted molar refractivity (Wildman–Crippen MR) is 75.5 cm³/mol. The Labute approximate surface area is 110 Å². The summed E-state index contributed by atoms with van der Waals surface area (Å²) in [5.74, 6) is 0.241. The zero-order valence-corrected chi connectivity index (χ0v) is 11.0. The van der Waals surface area contributed by atoms with Crippen LogP contribution in [0.1, 0.15) is 10.4 Å². The molecule has 2 aromatic rings. The lowest BCUT2D eigenvalue weighted by Gasteiger charge is -2.26. The van der Waals surface area contributed by atoms with Crippen LogP contribution in [0.4, 0.5) is 0 Å². The lowest BCUT2D eigenvalue weighted by molar-refractivity contribution is 0.0923. The topological polar surface area (TPSA) is 32.3 Å². The van der Waals surface area contributed by atoms with E-state index in [0.717, 1.165) is 36.4 Å². The first-order valence-electron chi connectivity index (χ1n) is 6.27. The molecule has 18 heavy (non-hydrogen) atoms. The number of carbonyl (C=O) groups excluding carboxylic acids is 1. The number of Topliss-reactive ketones (excluding diaryl/α,β-unsaturated/α-hetero) is 1. The summed E-state index contributed by atoms with van der Waals surface area (Å²) < 4.78 is 1.12. The Bertz CT molecular complexity index is 558. The van der Waals surface area contributed by atoms with Crippen LogP contribution < -0.4 is 5.32 Å². The van der Waals surface area contributed by atoms with Crippen molar-refractivity contribution in [1.29, 1.82) is 0 Å². The molecule has 1 aromatic carbocycles. The van der Waals surface area contributed by atoms with Crippen LogP contribution in [0.25, 0.3) is 10.1 Å². The SMILES string of the molecule is O=C(CN1CCNCC1)c1cccc2ccsc12. The molecule has 0 bridgehead atoms. The second-order valence-electron chi connectivity index (χ2n) is 4.59. The Morgan fingerprint density at radius 2 is 2.11 bits per heavy atom. The van der Waals surface area contributed by atoms with E-state index in [1.165, 1.54) is 5.39 Å². The van der Waals surface area contributed by atoms with Gasteiger partial charge in [0.2, 0.25) is 0 Å². The van der Waals surface area contributed by atoms with E-state index in [1.807, 2.05) is 17.5 Å². The summed E-state index contributed by atoms with van der Waals surface area (Å²) in [7, 11) is 0. The average molecular weight is 260 g/mol. The van der Waals surface area contributed by atoms with E-state index >= 15 is 0 Å². The normalized spacial score (nSPS) is 17.1. The maximum Gasteiger partial charge on any atom is 0.178 e. The van der Waals surface area contributed by atoms with Gasteiger partial charge in [-0.1, -0.05) is 12.1 Å². The summed E-state index contributed by atoms with van der Waals surface area (Å²) in [6.45, 7) is 4.43. The van der Waals surface area contributed by atoms with E-state index in [9.17, 15) is 4.79 Å². The largest absolute Gasteiger partial charge is 0.314 e. The lowest BCUT2D eigenvalue weighted by Crippen LogP contribution is -2.45. The van der Waals surface area contributed by atoms with Crippen molar-refractivity contribution in [3.8, 4) is 0 Å². The van der Waals surface area contributed by atoms with Crippen molar-refractivity contribution in [2.24, 2.45) is 0 Å². The van der Waals surface area contributed by atoms with Gasteiger partial charge in [-0.3, -0.25) is 9.69 Å². The number of fused-ring (bicyclic) bond motifs is 1. The number of piperazine rings is 1. The van der Waals surface area contributed by atoms with Gasteiger partial charge in [-0.25, -0.2) is 0 Å². The van der Waals surface area contributed by atoms with Crippen molar-refractivity contribution >= 4 is 27.2 Å². The quantitative estimate of drug-likeness (QED) is 0.857. The van der Waals surface area contributed by atoms with E-state index in [4.69, 9.17) is 0 Å². The molecule has 1 N–H and O–H groups in total. The minimum atomic E-state index is 0.241. The van der Waals surface area contributed by atoms with E-state index < -0.39 is 0 Å². The first kappa shape index (κ1) is 11.8. The molecule has 0 amide bonds. The van der Waals surface area contributed by atoms with E-state index in [1.54, 1.807) is 11.3 Å². The third-order valence-corrected chi connectivity index (χ3v) is 4.32. The Morgan fingerprint density at radius 3 is 2.94 bits per heavy atom. The highest BCUT2D eigenvalue weighted by Gasteiger charge is 2.16. The van der Waals surface area contributed by atoms with E-state index in [0.29, 0.717) is 6.54 Å². The molecule has 2 heterocycles. The smallest absolute Gasteiger partial charge is 0.178 e. The van der Waals surface area contributed by atoms with Gasteiger partial charge in [0.05, 0.1) is 6.54 Å². The lowest BCUT2D eigenvalue weighted by atomic mass is 10.1. The Kier molecular flexibility index (Phi) is 3.41. The van der Waals surface area contributed by atoms with Crippen molar-refractivity contribution in [3.63, 3.8) is 0 Å². The van der Waals surface area contributed by atoms with Crippen molar-refractivity contribution in [2.75, 3.05) is 32.7 Å². The standard InChI is InChI=1S/C14H16N2OS/c17-13(10-16-7-5-15-6-8-16)12-3-1-2-11-4-9-18-14(11)12/h1-4,9,15H,5-8,10H2. The van der Waals surface area contributed by atoms with Crippen molar-refractivity contribution in [2.45, 2.75) is 0 Å². The van der Waals surface area contributed by atoms with Gasteiger partial charge in [-0.05, 0) is 22.9 Å². The van der Waals surface area contributed by atoms with Gasteiger partial charge >= 0.3 is 0 Å². The fraction of sp³-hybridized carbons (Fsp3) is 0.357. The fourth-order valence-electron chi connectivity index (χ4n) is 2.37. The van der Waals surface area contributed by atoms with E-state index in [2.05, 4.69) is 22.3 Å². The summed E-state index contributed by atoms with van der Waals surface area (Å²) >= 11 is 1.65. The van der Waals surface area contributed by atoms with Crippen molar-refractivity contribution in [3.05, 3.63) is 35.2 Å². The number of hydrogen-bond donors (Lipinski definition) is 1. The van der Waals surface area contributed by atoms with Gasteiger partial charge in [0, 0.05) is 36.4 Å². The van der Waals surface area contributed by atoms with Crippen LogP contribution >= 0.6 is 11.3 Å². The van der Waals surface area contributed by atoms with Crippen molar-refractivity contribution < 1.29 is 4.79 Å². The molecule has 0 aliphatic carbocycles. The molecule has 0 radical (unpaired) electrons. The molecule has 0 spiro atoms. The highest BCUT2D eigenvalue weighted by molar-refractivity contribution is 7.17. The number of hydrogen-bond acceptors (Lipinski definition) is 4. The minimum absolute atomic E-state index is 0.241. The number of nitrogens with zero attached hydrogens (tertiary/aromatic N) is 1. The van der Waals surface area contributed by atoms with E-state index in [-0.39, 0.29) is 5.78 Å². The first-order chi connectivity index (χ1) is 8.84. The number of nitrogens with one attached hydrogen (secondary N) is 1. The monoisotopic (exact) mass is 260 g/mol. The summed E-state index contributed by atoms with van der Waals surface area (Å²) in [5, 5.41) is 6.52. The highest BCUT2D eigenvalue weighted by atomic mass is 32.1. The number of rotatable bonds is 3. The molecule has 1 aliphatic rings. The van der Waals surface area contributed by atoms with Crippen LogP contribution in [0.2, 0.25) is 0 Å². The van der Waals surface area contributed by atoms with Gasteiger partial charge in [0.25, 0.3) is 0 Å². The van der Waals surface area contributed by atoms with Gasteiger partial charge in [-0.2, -0.15) is 0 Å². The maximum absolute atomic E-state index is 12.4. The third-order valence-electron chi connectivity index (χ3n) is 3.36. The minimum Gasteiger partial charge on any atom is -0.314 e. The molecule has 1 fully saturated rings. The second-order valence-corrected chi connectivity index (χ2v) is 5.51. The molecule has 1 aliphatic heterocycles. The van der Waals surface area contributed by atoms with Crippen molar-refractivity contribution in [1.82, 2.24) is 10.2 Å². The molecule has 0 saturated carbocycles. The molecular formula is C14H16N2OS. The summed E-state index contributed by atoms with van der Waals surface area (Å²) in [6, 6.07) is 8.05. The van der Waals surface area contributed by atoms with Crippen LogP contribution in [0.3, 0.4) is 0 Å². The van der Waals surface area contributed by atoms with Crippen LogP contribution in [0.5, 0.6) is 0 Å². The number of carbonyl (C=O) groups is 1. The molecule has 94 valence electrons. The number of thiophene rings is 1. The zero-order chi connectivity index (χ0) is 12.4. The van der Waals surface area contributed by atoms with Gasteiger partial charge < -0.3 is 5.32 Å². The average Bonchev–Trinajstić information content (AvgIpc) is 2.87. The Morgan fingerprint density at radius 1 is 1.28 bits per heavy atom.